The number of hydrogen-bond donors (Lipinski definition) is 1. The number of hydrogen-bond acceptors (Lipinski definition) is 4. The molecule has 0 aliphatic rings. The standard InChI is InChI=1S/C11H11NO2S/c1-14-11(13)9-6-15-10-7(5-12)3-2-4-8(9)10/h2-4,6H,5,12H2,1H3. The molecule has 0 saturated heterocycles. The van der Waals surface area contributed by atoms with Crippen LogP contribution in [0.25, 0.3) is 10.1 Å². The van der Waals surface area contributed by atoms with E-state index in [0.717, 1.165) is 15.6 Å². The molecule has 0 unspecified atom stereocenters. The summed E-state index contributed by atoms with van der Waals surface area (Å²) in [6.45, 7) is 0.485. The van der Waals surface area contributed by atoms with E-state index in [4.69, 9.17) is 10.5 Å². The molecule has 1 aromatic carbocycles. The number of nitrogens with two attached hydrogens (primary N) is 1. The Morgan fingerprint density at radius 2 is 2.33 bits per heavy atom. The third-order valence-electron chi connectivity index (χ3n) is 2.31. The highest BCUT2D eigenvalue weighted by molar-refractivity contribution is 7.17. The summed E-state index contributed by atoms with van der Waals surface area (Å²) in [5.74, 6) is -0.296. The molecule has 1 aromatic heterocycles. The van der Waals surface area contributed by atoms with Crippen LogP contribution in [0.5, 0.6) is 0 Å². The summed E-state index contributed by atoms with van der Waals surface area (Å²) < 4.78 is 5.78. The van der Waals surface area contributed by atoms with Crippen LogP contribution in [0.3, 0.4) is 0 Å². The predicted molar refractivity (Wildman–Crippen MR) is 61.1 cm³/mol. The number of esters is 1. The molecular formula is C11H11NO2S. The molecule has 0 aliphatic carbocycles. The van der Waals surface area contributed by atoms with Crippen LogP contribution in [0, 0.1) is 0 Å². The van der Waals surface area contributed by atoms with Crippen molar-refractivity contribution in [3.8, 4) is 0 Å². The molecular weight excluding hydrogens is 210 g/mol. The molecule has 3 nitrogen and oxygen atoms in total. The predicted octanol–water partition coefficient (Wildman–Crippen LogP) is 2.15. The van der Waals surface area contributed by atoms with Gasteiger partial charge in [0, 0.05) is 22.0 Å². The third kappa shape index (κ3) is 1.62. The maximum Gasteiger partial charge on any atom is 0.339 e. The van der Waals surface area contributed by atoms with Gasteiger partial charge in [0.05, 0.1) is 12.7 Å². The number of carbonyl (C=O) groups excluding carboxylic acids is 1. The summed E-state index contributed by atoms with van der Waals surface area (Å²) >= 11 is 1.53. The van der Waals surface area contributed by atoms with Gasteiger partial charge in [-0.3, -0.25) is 0 Å². The van der Waals surface area contributed by atoms with Crippen molar-refractivity contribution in [2.75, 3.05) is 7.11 Å². The molecule has 0 amide bonds. The maximum atomic E-state index is 11.4. The molecule has 0 atom stereocenters. The Morgan fingerprint density at radius 1 is 1.53 bits per heavy atom. The van der Waals surface area contributed by atoms with Gasteiger partial charge in [0.25, 0.3) is 0 Å². The number of carbonyl (C=O) groups is 1. The fourth-order valence-corrected chi connectivity index (χ4v) is 2.61. The molecule has 15 heavy (non-hydrogen) atoms. The molecule has 2 rings (SSSR count). The lowest BCUT2D eigenvalue weighted by Gasteiger charge is -2.00. The van der Waals surface area contributed by atoms with Gasteiger partial charge < -0.3 is 10.5 Å². The number of methoxy groups -OCH3 is 1. The summed E-state index contributed by atoms with van der Waals surface area (Å²) in [5.41, 5.74) is 7.31. The Balaban J connectivity index is 2.66. The number of ether oxygens (including phenoxy) is 1. The van der Waals surface area contributed by atoms with Crippen LogP contribution in [0.1, 0.15) is 15.9 Å². The highest BCUT2D eigenvalue weighted by atomic mass is 32.1. The minimum Gasteiger partial charge on any atom is -0.465 e. The van der Waals surface area contributed by atoms with Crippen LogP contribution in [0.15, 0.2) is 23.6 Å². The van der Waals surface area contributed by atoms with Crippen molar-refractivity contribution in [2.45, 2.75) is 6.54 Å². The molecule has 2 N–H and O–H groups in total. The molecule has 78 valence electrons. The molecule has 2 aromatic rings. The zero-order valence-corrected chi connectivity index (χ0v) is 9.14. The van der Waals surface area contributed by atoms with Gasteiger partial charge in [-0.25, -0.2) is 4.79 Å². The van der Waals surface area contributed by atoms with Gasteiger partial charge in [0.15, 0.2) is 0 Å². The first kappa shape index (κ1) is 10.1. The topological polar surface area (TPSA) is 52.3 Å². The summed E-state index contributed by atoms with van der Waals surface area (Å²) in [5, 5.41) is 2.74. The zero-order chi connectivity index (χ0) is 10.8. The minimum atomic E-state index is -0.296. The number of rotatable bonds is 2. The lowest BCUT2D eigenvalue weighted by Crippen LogP contribution is -2.00. The van der Waals surface area contributed by atoms with Crippen molar-refractivity contribution >= 4 is 27.4 Å². The Morgan fingerprint density at radius 3 is 3.00 bits per heavy atom. The molecule has 0 aliphatic heterocycles. The van der Waals surface area contributed by atoms with E-state index in [1.165, 1.54) is 18.4 Å². The first-order valence-electron chi connectivity index (χ1n) is 4.55. The van der Waals surface area contributed by atoms with E-state index < -0.39 is 0 Å². The van der Waals surface area contributed by atoms with Gasteiger partial charge in [0.1, 0.15) is 0 Å². The van der Waals surface area contributed by atoms with Crippen LogP contribution in [-0.4, -0.2) is 13.1 Å². The van der Waals surface area contributed by atoms with Crippen LogP contribution in [-0.2, 0) is 11.3 Å². The van der Waals surface area contributed by atoms with Crippen LogP contribution >= 0.6 is 11.3 Å². The molecule has 0 spiro atoms. The maximum absolute atomic E-state index is 11.4. The number of thiophene rings is 1. The van der Waals surface area contributed by atoms with Gasteiger partial charge >= 0.3 is 5.97 Å². The second-order valence-corrected chi connectivity index (χ2v) is 4.02. The Hall–Kier alpha value is -1.39. The fraction of sp³-hybridized carbons (Fsp3) is 0.182. The Bertz CT molecular complexity index is 504. The zero-order valence-electron chi connectivity index (χ0n) is 8.32. The smallest absolute Gasteiger partial charge is 0.339 e. The molecule has 4 heteroatoms. The average Bonchev–Trinajstić information content (AvgIpc) is 2.71. The number of fused-ring (bicyclic) bond motifs is 1. The van der Waals surface area contributed by atoms with E-state index in [1.807, 2.05) is 23.6 Å². The molecule has 0 saturated carbocycles. The molecule has 0 radical (unpaired) electrons. The van der Waals surface area contributed by atoms with E-state index in [2.05, 4.69) is 0 Å². The monoisotopic (exact) mass is 221 g/mol. The summed E-state index contributed by atoms with van der Waals surface area (Å²) in [6.07, 6.45) is 0. The first-order chi connectivity index (χ1) is 7.27. The van der Waals surface area contributed by atoms with Gasteiger partial charge in [-0.1, -0.05) is 18.2 Å². The Kier molecular flexibility index (Phi) is 2.70. The summed E-state index contributed by atoms with van der Waals surface area (Å²) in [6, 6.07) is 5.79. The molecule has 1 heterocycles. The molecule has 0 fully saturated rings. The van der Waals surface area contributed by atoms with Gasteiger partial charge in [-0.15, -0.1) is 11.3 Å². The first-order valence-corrected chi connectivity index (χ1v) is 5.43. The normalized spacial score (nSPS) is 10.5. The van der Waals surface area contributed by atoms with Gasteiger partial charge in [-0.05, 0) is 5.56 Å². The summed E-state index contributed by atoms with van der Waals surface area (Å²) in [7, 11) is 1.39. The van der Waals surface area contributed by atoms with Crippen molar-refractivity contribution in [3.63, 3.8) is 0 Å². The van der Waals surface area contributed by atoms with E-state index in [9.17, 15) is 4.79 Å². The second kappa shape index (κ2) is 4.00. The van der Waals surface area contributed by atoms with E-state index in [1.54, 1.807) is 0 Å². The highest BCUT2D eigenvalue weighted by Gasteiger charge is 2.13. The lowest BCUT2D eigenvalue weighted by atomic mass is 10.1. The summed E-state index contributed by atoms with van der Waals surface area (Å²) in [4.78, 5) is 11.4. The highest BCUT2D eigenvalue weighted by Crippen LogP contribution is 2.29. The molecule has 0 bridgehead atoms. The number of benzene rings is 1. The van der Waals surface area contributed by atoms with Crippen molar-refractivity contribution in [1.29, 1.82) is 0 Å². The van der Waals surface area contributed by atoms with Crippen molar-refractivity contribution in [3.05, 3.63) is 34.7 Å². The fourth-order valence-electron chi connectivity index (χ4n) is 1.55. The average molecular weight is 221 g/mol. The van der Waals surface area contributed by atoms with Crippen LogP contribution in [0.4, 0.5) is 0 Å². The largest absolute Gasteiger partial charge is 0.465 e. The third-order valence-corrected chi connectivity index (χ3v) is 3.38. The van der Waals surface area contributed by atoms with Crippen LogP contribution in [0.2, 0.25) is 0 Å². The minimum absolute atomic E-state index is 0.296. The quantitative estimate of drug-likeness (QED) is 0.790. The van der Waals surface area contributed by atoms with Crippen molar-refractivity contribution in [2.24, 2.45) is 5.73 Å². The lowest BCUT2D eigenvalue weighted by molar-refractivity contribution is 0.0603. The second-order valence-electron chi connectivity index (χ2n) is 3.14. The van der Waals surface area contributed by atoms with E-state index in [-0.39, 0.29) is 5.97 Å². The van der Waals surface area contributed by atoms with E-state index in [0.29, 0.717) is 12.1 Å². The van der Waals surface area contributed by atoms with Gasteiger partial charge in [-0.2, -0.15) is 0 Å². The van der Waals surface area contributed by atoms with Crippen molar-refractivity contribution in [1.82, 2.24) is 0 Å². The Labute approximate surface area is 91.5 Å². The van der Waals surface area contributed by atoms with E-state index >= 15 is 0 Å². The van der Waals surface area contributed by atoms with Gasteiger partial charge in [0.2, 0.25) is 0 Å². The SMILES string of the molecule is COC(=O)c1csc2c(CN)cccc12. The van der Waals surface area contributed by atoms with Crippen LogP contribution < -0.4 is 5.73 Å². The van der Waals surface area contributed by atoms with Crippen molar-refractivity contribution < 1.29 is 9.53 Å².